The number of hydrogen-bond acceptors (Lipinski definition) is 5. The van der Waals surface area contributed by atoms with Gasteiger partial charge in [0.2, 0.25) is 5.91 Å². The maximum absolute atomic E-state index is 12.9. The van der Waals surface area contributed by atoms with Gasteiger partial charge in [0.15, 0.2) is 0 Å². The number of primary amides is 1. The first-order chi connectivity index (χ1) is 14.5. The van der Waals surface area contributed by atoms with E-state index in [1.807, 2.05) is 59.5 Å². The van der Waals surface area contributed by atoms with E-state index in [1.165, 1.54) is 7.11 Å². The van der Waals surface area contributed by atoms with Crippen molar-refractivity contribution in [1.82, 2.24) is 9.88 Å². The van der Waals surface area contributed by atoms with E-state index in [-0.39, 0.29) is 6.54 Å². The van der Waals surface area contributed by atoms with E-state index in [9.17, 15) is 9.59 Å². The minimum atomic E-state index is -0.448. The molecule has 0 saturated carbocycles. The van der Waals surface area contributed by atoms with Crippen LogP contribution in [0, 0.1) is 0 Å². The summed E-state index contributed by atoms with van der Waals surface area (Å²) in [6, 6.07) is 17.5. The number of benzene rings is 2. The number of pyridine rings is 1. The van der Waals surface area contributed by atoms with Gasteiger partial charge in [-0.25, -0.2) is 4.79 Å². The van der Waals surface area contributed by atoms with Crippen LogP contribution < -0.4 is 5.73 Å². The number of para-hydroxylation sites is 1. The fraction of sp³-hybridized carbons (Fsp3) is 0.292. The molecule has 0 unspecified atom stereocenters. The maximum atomic E-state index is 12.9. The summed E-state index contributed by atoms with van der Waals surface area (Å²) in [6.45, 7) is 3.22. The van der Waals surface area contributed by atoms with Crippen molar-refractivity contribution in [3.8, 4) is 11.1 Å². The topological polar surface area (TPSA) is 85.5 Å². The fourth-order valence-electron chi connectivity index (χ4n) is 3.63. The zero-order valence-corrected chi connectivity index (χ0v) is 17.4. The van der Waals surface area contributed by atoms with Gasteiger partial charge in [0, 0.05) is 17.5 Å². The average Bonchev–Trinajstić information content (AvgIpc) is 2.76. The van der Waals surface area contributed by atoms with Crippen LogP contribution in [0.5, 0.6) is 0 Å². The van der Waals surface area contributed by atoms with Crippen molar-refractivity contribution < 1.29 is 14.3 Å². The molecular formula is C24H27N3O3. The molecular weight excluding hydrogens is 378 g/mol. The lowest BCUT2D eigenvalue weighted by Crippen LogP contribution is -2.35. The van der Waals surface area contributed by atoms with Crippen LogP contribution in [0.2, 0.25) is 0 Å². The molecule has 0 spiro atoms. The number of nitrogens with zero attached hydrogens (tertiary/aromatic N) is 2. The van der Waals surface area contributed by atoms with Crippen LogP contribution in [-0.4, -0.2) is 42.0 Å². The first-order valence-electron chi connectivity index (χ1n) is 10.1. The van der Waals surface area contributed by atoms with Crippen molar-refractivity contribution in [1.29, 1.82) is 0 Å². The van der Waals surface area contributed by atoms with Gasteiger partial charge in [-0.1, -0.05) is 61.9 Å². The van der Waals surface area contributed by atoms with E-state index >= 15 is 0 Å². The summed E-state index contributed by atoms with van der Waals surface area (Å²) in [5.41, 5.74) is 8.95. The third kappa shape index (κ3) is 4.83. The number of methoxy groups -OCH3 is 1. The number of amides is 1. The Hall–Kier alpha value is -3.25. The van der Waals surface area contributed by atoms with Crippen molar-refractivity contribution in [3.63, 3.8) is 0 Å². The summed E-state index contributed by atoms with van der Waals surface area (Å²) in [7, 11) is 1.37. The van der Waals surface area contributed by atoms with Gasteiger partial charge in [-0.05, 0) is 24.6 Å². The molecule has 30 heavy (non-hydrogen) atoms. The summed E-state index contributed by atoms with van der Waals surface area (Å²) in [6.07, 6.45) is 1.90. The van der Waals surface area contributed by atoms with E-state index in [1.54, 1.807) is 0 Å². The zero-order chi connectivity index (χ0) is 21.5. The van der Waals surface area contributed by atoms with Crippen molar-refractivity contribution >= 4 is 22.8 Å². The quantitative estimate of drug-likeness (QED) is 0.548. The van der Waals surface area contributed by atoms with Gasteiger partial charge in [0.05, 0.1) is 30.4 Å². The summed E-state index contributed by atoms with van der Waals surface area (Å²) >= 11 is 0. The molecule has 0 fully saturated rings. The summed E-state index contributed by atoms with van der Waals surface area (Å²) in [5.74, 6) is -0.855. The Morgan fingerprint density at radius 3 is 2.43 bits per heavy atom. The number of rotatable bonds is 9. The van der Waals surface area contributed by atoms with Crippen molar-refractivity contribution in [2.24, 2.45) is 5.73 Å². The second-order valence-electron chi connectivity index (χ2n) is 7.21. The average molecular weight is 405 g/mol. The number of unbranched alkanes of at least 4 members (excludes halogenated alkanes) is 1. The van der Waals surface area contributed by atoms with Gasteiger partial charge in [-0.3, -0.25) is 14.7 Å². The van der Waals surface area contributed by atoms with E-state index in [0.717, 1.165) is 34.9 Å². The lowest BCUT2D eigenvalue weighted by atomic mass is 9.94. The van der Waals surface area contributed by atoms with Crippen LogP contribution in [-0.2, 0) is 16.1 Å². The molecule has 0 aliphatic rings. The van der Waals surface area contributed by atoms with Crippen LogP contribution in [0.15, 0.2) is 54.6 Å². The Kier molecular flexibility index (Phi) is 7.14. The Balaban J connectivity index is 2.22. The van der Waals surface area contributed by atoms with E-state index in [0.29, 0.717) is 24.3 Å². The van der Waals surface area contributed by atoms with Crippen LogP contribution in [0.4, 0.5) is 0 Å². The van der Waals surface area contributed by atoms with Gasteiger partial charge in [-0.15, -0.1) is 0 Å². The molecule has 0 aliphatic heterocycles. The molecule has 6 heteroatoms. The Labute approximate surface area is 176 Å². The van der Waals surface area contributed by atoms with Gasteiger partial charge < -0.3 is 10.5 Å². The molecule has 0 radical (unpaired) electrons. The third-order valence-corrected chi connectivity index (χ3v) is 5.00. The summed E-state index contributed by atoms with van der Waals surface area (Å²) < 4.78 is 5.14. The molecule has 2 N–H and O–H groups in total. The third-order valence-electron chi connectivity index (χ3n) is 5.00. The van der Waals surface area contributed by atoms with Gasteiger partial charge in [0.1, 0.15) is 0 Å². The van der Waals surface area contributed by atoms with Gasteiger partial charge in [-0.2, -0.15) is 0 Å². The largest absolute Gasteiger partial charge is 0.465 e. The van der Waals surface area contributed by atoms with Crippen molar-refractivity contribution in [2.75, 3.05) is 20.2 Å². The maximum Gasteiger partial charge on any atom is 0.340 e. The molecule has 0 atom stereocenters. The number of ether oxygens (including phenoxy) is 1. The molecule has 3 rings (SSSR count). The van der Waals surface area contributed by atoms with E-state index < -0.39 is 11.9 Å². The number of carbonyl (C=O) groups is 2. The lowest BCUT2D eigenvalue weighted by molar-refractivity contribution is -0.119. The number of fused-ring (bicyclic) bond motifs is 1. The molecule has 0 bridgehead atoms. The molecule has 2 aromatic carbocycles. The lowest BCUT2D eigenvalue weighted by Gasteiger charge is -2.23. The minimum absolute atomic E-state index is 0.107. The zero-order valence-electron chi connectivity index (χ0n) is 17.4. The smallest absolute Gasteiger partial charge is 0.340 e. The predicted octanol–water partition coefficient (Wildman–Crippen LogP) is 3.78. The Morgan fingerprint density at radius 2 is 1.77 bits per heavy atom. The molecule has 1 aromatic heterocycles. The highest BCUT2D eigenvalue weighted by molar-refractivity contribution is 6.07. The van der Waals surface area contributed by atoms with Crippen molar-refractivity contribution in [2.45, 2.75) is 26.3 Å². The SMILES string of the molecule is CCCCN(CC(N)=O)Cc1nc2ccccc2c(-c2ccccc2)c1C(=O)OC. The first kappa shape index (κ1) is 21.5. The number of hydrogen-bond donors (Lipinski definition) is 1. The number of aromatic nitrogens is 1. The van der Waals surface area contributed by atoms with E-state index in [4.69, 9.17) is 15.5 Å². The number of nitrogens with two attached hydrogens (primary N) is 1. The molecule has 156 valence electrons. The Bertz CT molecular complexity index is 1030. The molecule has 6 nitrogen and oxygen atoms in total. The molecule has 1 heterocycles. The highest BCUT2D eigenvalue weighted by atomic mass is 16.5. The Morgan fingerprint density at radius 1 is 1.07 bits per heavy atom. The fourth-order valence-corrected chi connectivity index (χ4v) is 3.63. The molecule has 0 saturated heterocycles. The molecule has 3 aromatic rings. The highest BCUT2D eigenvalue weighted by Gasteiger charge is 2.24. The second kappa shape index (κ2) is 9.98. The summed E-state index contributed by atoms with van der Waals surface area (Å²) in [4.78, 5) is 31.3. The standard InChI is InChI=1S/C24H27N3O3/c1-3-4-14-27(16-21(25)28)15-20-23(24(29)30-2)22(17-10-6-5-7-11-17)18-12-8-9-13-19(18)26-20/h5-13H,3-4,14-16H2,1-2H3,(H2,25,28). The van der Waals surface area contributed by atoms with Gasteiger partial charge in [0.25, 0.3) is 0 Å². The normalized spacial score (nSPS) is 11.0. The highest BCUT2D eigenvalue weighted by Crippen LogP contribution is 2.34. The van der Waals surface area contributed by atoms with Crippen molar-refractivity contribution in [3.05, 3.63) is 65.9 Å². The van der Waals surface area contributed by atoms with Crippen LogP contribution in [0.3, 0.4) is 0 Å². The number of esters is 1. The second-order valence-corrected chi connectivity index (χ2v) is 7.21. The summed E-state index contributed by atoms with van der Waals surface area (Å²) in [5, 5.41) is 0.878. The van der Waals surface area contributed by atoms with E-state index in [2.05, 4.69) is 6.92 Å². The first-order valence-corrected chi connectivity index (χ1v) is 10.1. The minimum Gasteiger partial charge on any atom is -0.465 e. The monoisotopic (exact) mass is 405 g/mol. The van der Waals surface area contributed by atoms with Crippen LogP contribution in [0.25, 0.3) is 22.0 Å². The van der Waals surface area contributed by atoms with Crippen LogP contribution >= 0.6 is 0 Å². The molecule has 1 amide bonds. The van der Waals surface area contributed by atoms with Crippen LogP contribution in [0.1, 0.15) is 35.8 Å². The number of carbonyl (C=O) groups excluding carboxylic acids is 2. The molecule has 0 aliphatic carbocycles. The predicted molar refractivity (Wildman–Crippen MR) is 118 cm³/mol. The van der Waals surface area contributed by atoms with Gasteiger partial charge >= 0.3 is 5.97 Å².